The van der Waals surface area contributed by atoms with Crippen LogP contribution in [0.1, 0.15) is 15.9 Å². The number of amides is 1. The molecule has 2 rings (SSSR count). The van der Waals surface area contributed by atoms with E-state index < -0.39 is 0 Å². The molecule has 0 aliphatic rings. The molecule has 2 aromatic heterocycles. The van der Waals surface area contributed by atoms with E-state index in [1.807, 2.05) is 13.1 Å². The first kappa shape index (κ1) is 12.6. The Balaban J connectivity index is 1.85. The van der Waals surface area contributed by atoms with Crippen LogP contribution in [0, 0.1) is 6.92 Å². The smallest absolute Gasteiger partial charge is 0.252 e. The molecule has 1 amide bonds. The summed E-state index contributed by atoms with van der Waals surface area (Å²) in [6.07, 6.45) is 6.68. The third-order valence-corrected chi connectivity index (χ3v) is 2.56. The molecule has 0 unspecified atom stereocenters. The lowest BCUT2D eigenvalue weighted by molar-refractivity contribution is 0.0951. The first-order chi connectivity index (χ1) is 8.65. The summed E-state index contributed by atoms with van der Waals surface area (Å²) in [4.78, 5) is 15.6. The number of nitrogens with one attached hydrogen (secondary N) is 1. The van der Waals surface area contributed by atoms with E-state index in [0.717, 1.165) is 5.56 Å². The van der Waals surface area contributed by atoms with Gasteiger partial charge in [-0.3, -0.25) is 14.5 Å². The second-order valence-electron chi connectivity index (χ2n) is 3.93. The quantitative estimate of drug-likeness (QED) is 0.914. The van der Waals surface area contributed by atoms with E-state index in [1.165, 1.54) is 12.4 Å². The minimum absolute atomic E-state index is 0.186. The number of pyridine rings is 1. The highest BCUT2D eigenvalue weighted by atomic mass is 35.5. The zero-order valence-corrected chi connectivity index (χ0v) is 10.7. The maximum absolute atomic E-state index is 11.8. The summed E-state index contributed by atoms with van der Waals surface area (Å²) >= 11 is 5.76. The lowest BCUT2D eigenvalue weighted by Gasteiger charge is -2.05. The highest BCUT2D eigenvalue weighted by molar-refractivity contribution is 6.30. The van der Waals surface area contributed by atoms with Crippen LogP contribution in [0.15, 0.2) is 30.9 Å². The monoisotopic (exact) mass is 264 g/mol. The molecule has 0 saturated carbocycles. The second-order valence-corrected chi connectivity index (χ2v) is 4.36. The van der Waals surface area contributed by atoms with Gasteiger partial charge in [-0.05, 0) is 18.6 Å². The van der Waals surface area contributed by atoms with Crippen molar-refractivity contribution in [2.75, 3.05) is 6.54 Å². The largest absolute Gasteiger partial charge is 0.350 e. The summed E-state index contributed by atoms with van der Waals surface area (Å²) < 4.78 is 1.78. The molecule has 0 radical (unpaired) electrons. The fourth-order valence-corrected chi connectivity index (χ4v) is 1.69. The maximum atomic E-state index is 11.8. The fourth-order valence-electron chi connectivity index (χ4n) is 1.51. The Morgan fingerprint density at radius 3 is 2.94 bits per heavy atom. The van der Waals surface area contributed by atoms with Gasteiger partial charge in [-0.2, -0.15) is 5.10 Å². The van der Waals surface area contributed by atoms with Crippen LogP contribution < -0.4 is 5.32 Å². The van der Waals surface area contributed by atoms with Gasteiger partial charge in [0.05, 0.1) is 23.3 Å². The van der Waals surface area contributed by atoms with Crippen molar-refractivity contribution in [2.24, 2.45) is 0 Å². The minimum Gasteiger partial charge on any atom is -0.350 e. The van der Waals surface area contributed by atoms with Crippen LogP contribution in [0.25, 0.3) is 0 Å². The summed E-state index contributed by atoms with van der Waals surface area (Å²) in [5.74, 6) is -0.186. The third-order valence-electron chi connectivity index (χ3n) is 2.36. The topological polar surface area (TPSA) is 59.8 Å². The van der Waals surface area contributed by atoms with Gasteiger partial charge in [0, 0.05) is 25.1 Å². The van der Waals surface area contributed by atoms with Gasteiger partial charge in [0.1, 0.15) is 0 Å². The molecule has 0 aliphatic heterocycles. The number of carbonyl (C=O) groups is 1. The molecule has 0 saturated heterocycles. The van der Waals surface area contributed by atoms with Gasteiger partial charge in [-0.1, -0.05) is 11.6 Å². The van der Waals surface area contributed by atoms with E-state index in [-0.39, 0.29) is 5.91 Å². The Morgan fingerprint density at radius 2 is 2.28 bits per heavy atom. The predicted octanol–water partition coefficient (Wildman–Crippen LogP) is 1.67. The lowest BCUT2D eigenvalue weighted by Crippen LogP contribution is -2.27. The van der Waals surface area contributed by atoms with Gasteiger partial charge >= 0.3 is 0 Å². The van der Waals surface area contributed by atoms with Crippen LogP contribution in [0.3, 0.4) is 0 Å². The predicted molar refractivity (Wildman–Crippen MR) is 68.5 cm³/mol. The first-order valence-electron chi connectivity index (χ1n) is 5.53. The van der Waals surface area contributed by atoms with Gasteiger partial charge in [0.2, 0.25) is 0 Å². The van der Waals surface area contributed by atoms with Gasteiger partial charge in [0.15, 0.2) is 0 Å². The number of hydrogen-bond acceptors (Lipinski definition) is 3. The number of rotatable bonds is 4. The molecular weight excluding hydrogens is 252 g/mol. The van der Waals surface area contributed by atoms with Gasteiger partial charge in [0.25, 0.3) is 5.91 Å². The molecule has 0 bridgehead atoms. The van der Waals surface area contributed by atoms with E-state index >= 15 is 0 Å². The number of carbonyl (C=O) groups excluding carboxylic acids is 1. The van der Waals surface area contributed by atoms with Crippen molar-refractivity contribution < 1.29 is 4.79 Å². The van der Waals surface area contributed by atoms with Crippen molar-refractivity contribution in [2.45, 2.75) is 13.5 Å². The molecule has 1 N–H and O–H groups in total. The molecular formula is C12H13ClN4O. The number of halogens is 1. The number of hydrogen-bond donors (Lipinski definition) is 1. The summed E-state index contributed by atoms with van der Waals surface area (Å²) in [5.41, 5.74) is 1.56. The van der Waals surface area contributed by atoms with E-state index in [4.69, 9.17) is 11.6 Å². The van der Waals surface area contributed by atoms with Gasteiger partial charge in [-0.25, -0.2) is 0 Å². The summed E-state index contributed by atoms with van der Waals surface area (Å²) in [6.45, 7) is 3.11. The standard InChI is InChI=1S/C12H13ClN4O/c1-9-5-16-17(8-9)3-2-15-12(18)10-4-11(13)7-14-6-10/h4-8H,2-3H2,1H3,(H,15,18). The van der Waals surface area contributed by atoms with Gasteiger partial charge in [-0.15, -0.1) is 0 Å². The van der Waals surface area contributed by atoms with Crippen molar-refractivity contribution in [3.63, 3.8) is 0 Å². The Morgan fingerprint density at radius 1 is 1.44 bits per heavy atom. The molecule has 94 valence electrons. The molecule has 2 aromatic rings. The van der Waals surface area contributed by atoms with Crippen LogP contribution >= 0.6 is 11.6 Å². The number of aryl methyl sites for hydroxylation is 1. The normalized spacial score (nSPS) is 10.3. The average Bonchev–Trinajstić information content (AvgIpc) is 2.75. The summed E-state index contributed by atoms with van der Waals surface area (Å²) in [6, 6.07) is 1.59. The Hall–Kier alpha value is -1.88. The maximum Gasteiger partial charge on any atom is 0.252 e. The van der Waals surface area contributed by atoms with Gasteiger partial charge < -0.3 is 5.32 Å². The summed E-state index contributed by atoms with van der Waals surface area (Å²) in [5, 5.41) is 7.37. The first-order valence-corrected chi connectivity index (χ1v) is 5.91. The molecule has 18 heavy (non-hydrogen) atoms. The Bertz CT molecular complexity index is 553. The lowest BCUT2D eigenvalue weighted by atomic mass is 10.3. The molecule has 0 spiro atoms. The van der Waals surface area contributed by atoms with Crippen LogP contribution in [0.2, 0.25) is 5.02 Å². The molecule has 2 heterocycles. The SMILES string of the molecule is Cc1cnn(CCNC(=O)c2cncc(Cl)c2)c1. The average molecular weight is 265 g/mol. The zero-order chi connectivity index (χ0) is 13.0. The zero-order valence-electron chi connectivity index (χ0n) is 9.93. The third kappa shape index (κ3) is 3.30. The van der Waals surface area contributed by atoms with E-state index in [2.05, 4.69) is 15.4 Å². The van der Waals surface area contributed by atoms with Crippen molar-refractivity contribution in [3.05, 3.63) is 47.0 Å². The fraction of sp³-hybridized carbons (Fsp3) is 0.250. The molecule has 0 aromatic carbocycles. The molecule has 5 nitrogen and oxygen atoms in total. The van der Waals surface area contributed by atoms with E-state index in [1.54, 1.807) is 16.9 Å². The Kier molecular flexibility index (Phi) is 3.94. The van der Waals surface area contributed by atoms with Crippen molar-refractivity contribution in [1.29, 1.82) is 0 Å². The number of aromatic nitrogens is 3. The van der Waals surface area contributed by atoms with Crippen molar-refractivity contribution in [1.82, 2.24) is 20.1 Å². The molecule has 6 heteroatoms. The van der Waals surface area contributed by atoms with Crippen LogP contribution in [0.5, 0.6) is 0 Å². The second kappa shape index (κ2) is 5.64. The highest BCUT2D eigenvalue weighted by Crippen LogP contribution is 2.07. The van der Waals surface area contributed by atoms with E-state index in [0.29, 0.717) is 23.7 Å². The van der Waals surface area contributed by atoms with Crippen LogP contribution in [-0.2, 0) is 6.54 Å². The van der Waals surface area contributed by atoms with Crippen molar-refractivity contribution in [3.8, 4) is 0 Å². The molecule has 0 aliphatic carbocycles. The molecule has 0 fully saturated rings. The minimum atomic E-state index is -0.186. The molecule has 0 atom stereocenters. The van der Waals surface area contributed by atoms with Crippen LogP contribution in [0.4, 0.5) is 0 Å². The number of nitrogens with zero attached hydrogens (tertiary/aromatic N) is 3. The summed E-state index contributed by atoms with van der Waals surface area (Å²) in [7, 11) is 0. The Labute approximate surface area is 110 Å². The van der Waals surface area contributed by atoms with E-state index in [9.17, 15) is 4.79 Å². The van der Waals surface area contributed by atoms with Crippen molar-refractivity contribution >= 4 is 17.5 Å². The highest BCUT2D eigenvalue weighted by Gasteiger charge is 2.05. The van der Waals surface area contributed by atoms with Crippen LogP contribution in [-0.4, -0.2) is 27.2 Å².